The van der Waals surface area contributed by atoms with Gasteiger partial charge in [0, 0.05) is 26.2 Å². The molecule has 3 amide bonds. The number of carbonyl (C=O) groups excluding carboxylic acids is 3. The van der Waals surface area contributed by atoms with Gasteiger partial charge in [-0.1, -0.05) is 23.3 Å². The highest BCUT2D eigenvalue weighted by Crippen LogP contribution is 2.35. The number of hydrogen-bond acceptors (Lipinski definition) is 7. The van der Waals surface area contributed by atoms with Crippen LogP contribution in [-0.4, -0.2) is 64.0 Å². The monoisotopic (exact) mass is 451 g/mol. The average Bonchev–Trinajstić information content (AvgIpc) is 3.34. The highest BCUT2D eigenvalue weighted by atomic mass is 16.6. The summed E-state index contributed by atoms with van der Waals surface area (Å²) in [5, 5.41) is 7.55. The molecule has 0 N–H and O–H groups in total. The largest absolute Gasteiger partial charge is 0.370 e. The second-order valence-electron chi connectivity index (χ2n) is 9.51. The van der Waals surface area contributed by atoms with E-state index in [2.05, 4.69) is 22.1 Å². The van der Waals surface area contributed by atoms with Crippen LogP contribution in [0.15, 0.2) is 22.8 Å². The first kappa shape index (κ1) is 21.6. The van der Waals surface area contributed by atoms with Crippen LogP contribution in [0.4, 0.5) is 5.69 Å². The molecule has 2 saturated heterocycles. The Kier molecular flexibility index (Phi) is 5.64. The SMILES string of the molecule is Cc1nonc1CN1C(=O)c2cccc(N3CCC[C@H](C(=O)N4CCC[C@H](C)C4)C3)c2C1=O. The van der Waals surface area contributed by atoms with E-state index in [0.29, 0.717) is 35.0 Å². The van der Waals surface area contributed by atoms with Gasteiger partial charge in [0.1, 0.15) is 11.4 Å². The van der Waals surface area contributed by atoms with E-state index in [0.717, 1.165) is 44.6 Å². The summed E-state index contributed by atoms with van der Waals surface area (Å²) in [6, 6.07) is 5.38. The molecule has 5 rings (SSSR count). The van der Waals surface area contributed by atoms with Crippen LogP contribution in [0.25, 0.3) is 0 Å². The molecule has 33 heavy (non-hydrogen) atoms. The number of benzene rings is 1. The maximum absolute atomic E-state index is 13.3. The van der Waals surface area contributed by atoms with Gasteiger partial charge in [0.2, 0.25) is 5.91 Å². The minimum absolute atomic E-state index is 0.0232. The number of amides is 3. The number of aryl methyl sites for hydroxylation is 1. The maximum atomic E-state index is 13.3. The lowest BCUT2D eigenvalue weighted by Crippen LogP contribution is -2.48. The quantitative estimate of drug-likeness (QED) is 0.659. The van der Waals surface area contributed by atoms with Crippen LogP contribution < -0.4 is 4.90 Å². The van der Waals surface area contributed by atoms with Crippen LogP contribution in [0, 0.1) is 18.8 Å². The standard InChI is InChI=1S/C24H29N5O4/c1-15-6-4-11-28(12-15)22(30)17-7-5-10-27(13-17)20-9-3-8-18-21(20)24(32)29(23(18)31)14-19-16(2)25-33-26-19/h3,8-9,15,17H,4-7,10-14H2,1-2H3/t15-,17-/m0/s1. The van der Waals surface area contributed by atoms with Gasteiger partial charge in [-0.25, -0.2) is 4.63 Å². The zero-order chi connectivity index (χ0) is 23.1. The fraction of sp³-hybridized carbons (Fsp3) is 0.542. The topological polar surface area (TPSA) is 99.8 Å². The van der Waals surface area contributed by atoms with Crippen LogP contribution in [0.1, 0.15) is 64.7 Å². The van der Waals surface area contributed by atoms with Crippen molar-refractivity contribution in [2.24, 2.45) is 11.8 Å². The molecule has 2 aromatic rings. The molecule has 0 aliphatic carbocycles. The molecule has 0 spiro atoms. The first-order valence-corrected chi connectivity index (χ1v) is 11.7. The van der Waals surface area contributed by atoms with E-state index in [-0.39, 0.29) is 30.2 Å². The van der Waals surface area contributed by atoms with E-state index in [4.69, 9.17) is 4.63 Å². The predicted octanol–water partition coefficient (Wildman–Crippen LogP) is 2.65. The molecular formula is C24H29N5O4. The highest BCUT2D eigenvalue weighted by Gasteiger charge is 2.40. The van der Waals surface area contributed by atoms with Gasteiger partial charge in [0.25, 0.3) is 11.8 Å². The summed E-state index contributed by atoms with van der Waals surface area (Å²) in [7, 11) is 0. The summed E-state index contributed by atoms with van der Waals surface area (Å²) >= 11 is 0. The predicted molar refractivity (Wildman–Crippen MR) is 120 cm³/mol. The molecule has 1 aromatic heterocycles. The number of piperidine rings is 2. The van der Waals surface area contributed by atoms with Gasteiger partial charge in [0.05, 0.1) is 29.3 Å². The Morgan fingerprint density at radius 2 is 1.91 bits per heavy atom. The molecule has 0 bridgehead atoms. The number of anilines is 1. The summed E-state index contributed by atoms with van der Waals surface area (Å²) in [4.78, 5) is 44.9. The Labute approximate surface area is 192 Å². The minimum Gasteiger partial charge on any atom is -0.370 e. The first-order chi connectivity index (χ1) is 15.9. The van der Waals surface area contributed by atoms with Crippen molar-refractivity contribution in [3.05, 3.63) is 40.7 Å². The van der Waals surface area contributed by atoms with Gasteiger partial charge in [-0.2, -0.15) is 0 Å². The molecule has 3 aliphatic heterocycles. The number of nitrogens with zero attached hydrogens (tertiary/aromatic N) is 5. The normalized spacial score (nSPS) is 23.3. The van der Waals surface area contributed by atoms with Crippen molar-refractivity contribution in [3.8, 4) is 0 Å². The second kappa shape index (κ2) is 8.61. The third-order valence-corrected chi connectivity index (χ3v) is 7.11. The molecular weight excluding hydrogens is 422 g/mol. The van der Waals surface area contributed by atoms with Crippen molar-refractivity contribution in [3.63, 3.8) is 0 Å². The fourth-order valence-corrected chi connectivity index (χ4v) is 5.31. The number of fused-ring (bicyclic) bond motifs is 1. The smallest absolute Gasteiger partial charge is 0.264 e. The minimum atomic E-state index is -0.341. The van der Waals surface area contributed by atoms with Gasteiger partial charge in [-0.15, -0.1) is 0 Å². The zero-order valence-corrected chi connectivity index (χ0v) is 19.1. The van der Waals surface area contributed by atoms with Gasteiger partial charge < -0.3 is 9.80 Å². The molecule has 0 radical (unpaired) electrons. The molecule has 9 nitrogen and oxygen atoms in total. The van der Waals surface area contributed by atoms with Crippen molar-refractivity contribution >= 4 is 23.4 Å². The third-order valence-electron chi connectivity index (χ3n) is 7.11. The van der Waals surface area contributed by atoms with E-state index < -0.39 is 0 Å². The van der Waals surface area contributed by atoms with Crippen LogP contribution in [0.3, 0.4) is 0 Å². The van der Waals surface area contributed by atoms with Crippen LogP contribution >= 0.6 is 0 Å². The van der Waals surface area contributed by atoms with Gasteiger partial charge in [-0.05, 0) is 50.7 Å². The Balaban J connectivity index is 1.37. The summed E-state index contributed by atoms with van der Waals surface area (Å²) in [5.74, 6) is -0.0145. The fourth-order valence-electron chi connectivity index (χ4n) is 5.31. The number of aromatic nitrogens is 2. The zero-order valence-electron chi connectivity index (χ0n) is 19.1. The van der Waals surface area contributed by atoms with Gasteiger partial charge in [-0.3, -0.25) is 19.3 Å². The Hall–Kier alpha value is -3.23. The van der Waals surface area contributed by atoms with E-state index in [9.17, 15) is 14.4 Å². The highest BCUT2D eigenvalue weighted by molar-refractivity contribution is 6.23. The second-order valence-corrected chi connectivity index (χ2v) is 9.51. The molecule has 1 aromatic carbocycles. The van der Waals surface area contributed by atoms with E-state index in [1.165, 1.54) is 11.3 Å². The van der Waals surface area contributed by atoms with Crippen LogP contribution in [0.2, 0.25) is 0 Å². The number of imide groups is 1. The maximum Gasteiger partial charge on any atom is 0.264 e. The van der Waals surface area contributed by atoms with Gasteiger partial charge >= 0.3 is 0 Å². The van der Waals surface area contributed by atoms with Crippen LogP contribution in [-0.2, 0) is 11.3 Å². The first-order valence-electron chi connectivity index (χ1n) is 11.7. The molecule has 3 aliphatic rings. The summed E-state index contributed by atoms with van der Waals surface area (Å²) in [6.45, 7) is 6.93. The van der Waals surface area contributed by atoms with Crippen molar-refractivity contribution in [2.45, 2.75) is 46.1 Å². The molecule has 2 fully saturated rings. The summed E-state index contributed by atoms with van der Waals surface area (Å²) < 4.78 is 4.72. The van der Waals surface area contributed by atoms with Gasteiger partial charge in [0.15, 0.2) is 0 Å². The summed E-state index contributed by atoms with van der Waals surface area (Å²) in [6.07, 6.45) is 3.96. The summed E-state index contributed by atoms with van der Waals surface area (Å²) in [5.41, 5.74) is 2.55. The Morgan fingerprint density at radius 1 is 1.09 bits per heavy atom. The lowest BCUT2D eigenvalue weighted by atomic mass is 9.93. The number of hydrogen-bond donors (Lipinski definition) is 0. The molecule has 4 heterocycles. The molecule has 9 heteroatoms. The van der Waals surface area contributed by atoms with Crippen molar-refractivity contribution in [2.75, 3.05) is 31.1 Å². The van der Waals surface area contributed by atoms with E-state index in [1.54, 1.807) is 13.0 Å². The molecule has 174 valence electrons. The Bertz CT molecular complexity index is 1100. The van der Waals surface area contributed by atoms with E-state index in [1.807, 2.05) is 17.0 Å². The molecule has 2 atom stereocenters. The number of carbonyl (C=O) groups is 3. The Morgan fingerprint density at radius 3 is 2.67 bits per heavy atom. The van der Waals surface area contributed by atoms with Crippen LogP contribution in [0.5, 0.6) is 0 Å². The van der Waals surface area contributed by atoms with Crippen molar-refractivity contribution in [1.29, 1.82) is 0 Å². The number of likely N-dealkylation sites (tertiary alicyclic amines) is 1. The van der Waals surface area contributed by atoms with Crippen molar-refractivity contribution < 1.29 is 19.0 Å². The molecule has 0 saturated carbocycles. The third kappa shape index (κ3) is 3.89. The lowest BCUT2D eigenvalue weighted by Gasteiger charge is -2.38. The molecule has 0 unspecified atom stereocenters. The lowest BCUT2D eigenvalue weighted by molar-refractivity contribution is -0.137. The van der Waals surface area contributed by atoms with E-state index >= 15 is 0 Å². The number of rotatable bonds is 4. The average molecular weight is 452 g/mol. The van der Waals surface area contributed by atoms with Crippen molar-refractivity contribution in [1.82, 2.24) is 20.1 Å².